The molecule has 0 saturated heterocycles. The number of benzene rings is 1. The lowest BCUT2D eigenvalue weighted by Crippen LogP contribution is -2.44. The summed E-state index contributed by atoms with van der Waals surface area (Å²) in [4.78, 5) is 13.9. The van der Waals surface area contributed by atoms with Crippen LogP contribution in [0.5, 0.6) is 5.75 Å². The summed E-state index contributed by atoms with van der Waals surface area (Å²) in [5.41, 5.74) is 6.62. The monoisotopic (exact) mass is 289 g/mol. The van der Waals surface area contributed by atoms with E-state index in [4.69, 9.17) is 10.5 Å². The van der Waals surface area contributed by atoms with Crippen LogP contribution in [0.15, 0.2) is 24.3 Å². The molecule has 21 heavy (non-hydrogen) atoms. The van der Waals surface area contributed by atoms with E-state index >= 15 is 0 Å². The van der Waals surface area contributed by atoms with Gasteiger partial charge in [0, 0.05) is 19.1 Å². The van der Waals surface area contributed by atoms with Crippen LogP contribution >= 0.6 is 0 Å². The van der Waals surface area contributed by atoms with Crippen LogP contribution in [0.3, 0.4) is 0 Å². The normalized spacial score (nSPS) is 19.3. The van der Waals surface area contributed by atoms with Crippen molar-refractivity contribution >= 4 is 11.6 Å². The quantitative estimate of drug-likeness (QED) is 0.827. The average Bonchev–Trinajstić information content (AvgIpc) is 3.30. The average molecular weight is 289 g/mol. The van der Waals surface area contributed by atoms with E-state index < -0.39 is 0 Å². The lowest BCUT2D eigenvalue weighted by Gasteiger charge is -2.26. The number of nitrogens with zero attached hydrogens (tertiary/aromatic N) is 1. The third-order valence-electron chi connectivity index (χ3n) is 4.08. The molecule has 5 nitrogen and oxygen atoms in total. The van der Waals surface area contributed by atoms with E-state index in [2.05, 4.69) is 16.3 Å². The summed E-state index contributed by atoms with van der Waals surface area (Å²) in [6, 6.07) is 8.35. The van der Waals surface area contributed by atoms with E-state index in [0.717, 1.165) is 56.8 Å². The van der Waals surface area contributed by atoms with Crippen molar-refractivity contribution < 1.29 is 9.53 Å². The smallest absolute Gasteiger partial charge is 0.234 e. The topological polar surface area (TPSA) is 67.6 Å². The molecule has 0 radical (unpaired) electrons. The van der Waals surface area contributed by atoms with Gasteiger partial charge in [-0.2, -0.15) is 0 Å². The molecule has 3 rings (SSSR count). The lowest BCUT2D eigenvalue weighted by atomic mass is 10.1. The highest BCUT2D eigenvalue weighted by atomic mass is 16.5. The van der Waals surface area contributed by atoms with Gasteiger partial charge in [-0.05, 0) is 37.8 Å². The van der Waals surface area contributed by atoms with E-state index in [1.54, 1.807) is 0 Å². The van der Waals surface area contributed by atoms with Gasteiger partial charge in [0.05, 0.1) is 18.3 Å². The highest BCUT2D eigenvalue weighted by Crippen LogP contribution is 2.30. The molecule has 1 atom stereocenters. The molecule has 1 saturated carbocycles. The second kappa shape index (κ2) is 6.35. The van der Waals surface area contributed by atoms with Crippen molar-refractivity contribution in [1.29, 1.82) is 0 Å². The van der Waals surface area contributed by atoms with Crippen LogP contribution in [-0.2, 0) is 4.79 Å². The molecule has 0 aromatic heterocycles. The standard InChI is InChI=1S/C16H23N3O2/c17-16(20)13(18-12-6-7-12)8-10-19-9-3-11-21-15-5-2-1-4-14(15)19/h1-2,4-5,12-13,18H,3,6-11H2,(H2,17,20). The zero-order chi connectivity index (χ0) is 14.7. The molecule has 0 bridgehead atoms. The minimum Gasteiger partial charge on any atom is -0.491 e. The van der Waals surface area contributed by atoms with Crippen molar-refractivity contribution in [2.24, 2.45) is 5.73 Å². The number of para-hydroxylation sites is 2. The Kier molecular flexibility index (Phi) is 4.29. The van der Waals surface area contributed by atoms with Gasteiger partial charge in [0.25, 0.3) is 0 Å². The Labute approximate surface area is 125 Å². The Morgan fingerprint density at radius 3 is 3.00 bits per heavy atom. The van der Waals surface area contributed by atoms with Crippen molar-refractivity contribution in [2.75, 3.05) is 24.6 Å². The van der Waals surface area contributed by atoms with Gasteiger partial charge >= 0.3 is 0 Å². The number of nitrogens with one attached hydrogen (secondary N) is 1. The van der Waals surface area contributed by atoms with Gasteiger partial charge in [0.2, 0.25) is 5.91 Å². The van der Waals surface area contributed by atoms with Crippen LogP contribution in [0.4, 0.5) is 5.69 Å². The fourth-order valence-corrected chi connectivity index (χ4v) is 2.76. The number of carbonyl (C=O) groups is 1. The Morgan fingerprint density at radius 1 is 1.43 bits per heavy atom. The summed E-state index contributed by atoms with van der Waals surface area (Å²) in [7, 11) is 0. The number of fused-ring (bicyclic) bond motifs is 1. The van der Waals surface area contributed by atoms with E-state index in [0.29, 0.717) is 6.04 Å². The number of primary amides is 1. The molecule has 1 fully saturated rings. The largest absolute Gasteiger partial charge is 0.491 e. The molecule has 1 heterocycles. The van der Waals surface area contributed by atoms with Crippen molar-refractivity contribution in [3.8, 4) is 5.75 Å². The Balaban J connectivity index is 1.64. The SMILES string of the molecule is NC(=O)C(CCN1CCCOc2ccccc21)NC1CC1. The van der Waals surface area contributed by atoms with Gasteiger partial charge in [0.1, 0.15) is 5.75 Å². The summed E-state index contributed by atoms with van der Waals surface area (Å²) >= 11 is 0. The van der Waals surface area contributed by atoms with E-state index in [1.165, 1.54) is 0 Å². The third kappa shape index (κ3) is 3.67. The number of hydrogen-bond acceptors (Lipinski definition) is 4. The molecule has 1 aromatic carbocycles. The molecule has 1 aromatic rings. The third-order valence-corrected chi connectivity index (χ3v) is 4.08. The minimum absolute atomic E-state index is 0.228. The number of rotatable bonds is 6. The van der Waals surface area contributed by atoms with Gasteiger partial charge < -0.3 is 20.7 Å². The molecule has 2 aliphatic rings. The van der Waals surface area contributed by atoms with Crippen LogP contribution in [0.25, 0.3) is 0 Å². The summed E-state index contributed by atoms with van der Waals surface area (Å²) in [5.74, 6) is 0.682. The number of carbonyl (C=O) groups excluding carboxylic acids is 1. The maximum absolute atomic E-state index is 11.6. The first kappa shape index (κ1) is 14.2. The highest BCUT2D eigenvalue weighted by molar-refractivity contribution is 5.80. The van der Waals surface area contributed by atoms with Crippen LogP contribution in [0.1, 0.15) is 25.7 Å². The van der Waals surface area contributed by atoms with Gasteiger partial charge in [-0.25, -0.2) is 0 Å². The van der Waals surface area contributed by atoms with Gasteiger partial charge in [0.15, 0.2) is 0 Å². The molecular formula is C16H23N3O2. The van der Waals surface area contributed by atoms with E-state index in [9.17, 15) is 4.79 Å². The maximum atomic E-state index is 11.6. The molecule has 5 heteroatoms. The predicted octanol–water partition coefficient (Wildman–Crippen LogP) is 1.27. The number of nitrogens with two attached hydrogens (primary N) is 1. The summed E-state index contributed by atoms with van der Waals surface area (Å²) < 4.78 is 5.76. The summed E-state index contributed by atoms with van der Waals surface area (Å²) in [6.45, 7) is 2.51. The second-order valence-electron chi connectivity index (χ2n) is 5.84. The van der Waals surface area contributed by atoms with Crippen molar-refractivity contribution in [1.82, 2.24) is 5.32 Å². The maximum Gasteiger partial charge on any atom is 0.234 e. The van der Waals surface area contributed by atoms with Gasteiger partial charge in [-0.3, -0.25) is 4.79 Å². The van der Waals surface area contributed by atoms with Crippen LogP contribution < -0.4 is 20.7 Å². The first-order valence-electron chi connectivity index (χ1n) is 7.76. The zero-order valence-corrected chi connectivity index (χ0v) is 12.3. The Bertz CT molecular complexity index is 502. The molecular weight excluding hydrogens is 266 g/mol. The molecule has 1 aliphatic carbocycles. The number of hydrogen-bond donors (Lipinski definition) is 2. The highest BCUT2D eigenvalue weighted by Gasteiger charge is 2.27. The van der Waals surface area contributed by atoms with Gasteiger partial charge in [-0.1, -0.05) is 12.1 Å². The molecule has 0 spiro atoms. The number of ether oxygens (including phenoxy) is 1. The number of amides is 1. The van der Waals surface area contributed by atoms with Crippen LogP contribution in [0.2, 0.25) is 0 Å². The molecule has 1 amide bonds. The Morgan fingerprint density at radius 2 is 2.24 bits per heavy atom. The fraction of sp³-hybridized carbons (Fsp3) is 0.562. The molecule has 3 N–H and O–H groups in total. The van der Waals surface area contributed by atoms with E-state index in [-0.39, 0.29) is 11.9 Å². The Hall–Kier alpha value is -1.75. The zero-order valence-electron chi connectivity index (χ0n) is 12.3. The fourth-order valence-electron chi connectivity index (χ4n) is 2.76. The van der Waals surface area contributed by atoms with Crippen molar-refractivity contribution in [3.05, 3.63) is 24.3 Å². The van der Waals surface area contributed by atoms with Crippen LogP contribution in [-0.4, -0.2) is 37.7 Å². The van der Waals surface area contributed by atoms with E-state index in [1.807, 2.05) is 18.2 Å². The first-order valence-corrected chi connectivity index (χ1v) is 7.76. The molecule has 1 unspecified atom stereocenters. The number of anilines is 1. The molecule has 114 valence electrons. The minimum atomic E-state index is -0.249. The van der Waals surface area contributed by atoms with Crippen molar-refractivity contribution in [3.63, 3.8) is 0 Å². The van der Waals surface area contributed by atoms with Crippen LogP contribution in [0, 0.1) is 0 Å². The lowest BCUT2D eigenvalue weighted by molar-refractivity contribution is -0.120. The second-order valence-corrected chi connectivity index (χ2v) is 5.84. The summed E-state index contributed by atoms with van der Waals surface area (Å²) in [6.07, 6.45) is 4.04. The summed E-state index contributed by atoms with van der Waals surface area (Å²) in [5, 5.41) is 3.34. The first-order chi connectivity index (χ1) is 10.2. The van der Waals surface area contributed by atoms with Gasteiger partial charge in [-0.15, -0.1) is 0 Å². The van der Waals surface area contributed by atoms with Crippen molar-refractivity contribution in [2.45, 2.75) is 37.8 Å². The predicted molar refractivity (Wildman–Crippen MR) is 82.5 cm³/mol. The molecule has 1 aliphatic heterocycles.